The fourth-order valence-corrected chi connectivity index (χ4v) is 6.93. The number of likely N-dealkylation sites (N-methyl/N-ethyl adjacent to an activating group) is 2. The summed E-state index contributed by atoms with van der Waals surface area (Å²) in [6.07, 6.45) is -2.54. The van der Waals surface area contributed by atoms with Crippen molar-refractivity contribution in [3.05, 3.63) is 35.9 Å². The summed E-state index contributed by atoms with van der Waals surface area (Å²) in [6.45, 7) is 5.03. The van der Waals surface area contributed by atoms with Crippen molar-refractivity contribution in [2.75, 3.05) is 33.7 Å². The van der Waals surface area contributed by atoms with Gasteiger partial charge in [0.1, 0.15) is 30.2 Å². The quantitative estimate of drug-likeness (QED) is 0.154. The van der Waals surface area contributed by atoms with Crippen LogP contribution in [0.3, 0.4) is 0 Å². The molecule has 0 aromatic heterocycles. The zero-order valence-corrected chi connectivity index (χ0v) is 30.4. The lowest BCUT2D eigenvalue weighted by Gasteiger charge is -2.46. The van der Waals surface area contributed by atoms with E-state index < -0.39 is 95.9 Å². The molecule has 52 heavy (non-hydrogen) atoms. The molecule has 3 fully saturated rings. The normalized spacial score (nSPS) is 30.0. The minimum absolute atomic E-state index is 0.0963. The summed E-state index contributed by atoms with van der Waals surface area (Å²) in [5, 5.41) is 48.7. The van der Waals surface area contributed by atoms with Gasteiger partial charge in [-0.1, -0.05) is 50.6 Å². The van der Waals surface area contributed by atoms with E-state index in [-0.39, 0.29) is 37.4 Å². The molecule has 3 heterocycles. The van der Waals surface area contributed by atoms with Crippen molar-refractivity contribution in [3.8, 4) is 0 Å². The van der Waals surface area contributed by atoms with Crippen molar-refractivity contribution in [2.45, 2.75) is 101 Å². The molecule has 0 radical (unpaired) electrons. The van der Waals surface area contributed by atoms with Crippen molar-refractivity contribution in [1.82, 2.24) is 41.0 Å². The number of rotatable bonds is 5. The number of hydroxylamine groups is 2. The molecule has 0 bridgehead atoms. The monoisotopic (exact) mass is 732 g/mol. The lowest BCUT2D eigenvalue weighted by atomic mass is 9.92. The highest BCUT2D eigenvalue weighted by Gasteiger charge is 2.50. The average Bonchev–Trinajstić information content (AvgIpc) is 3.09. The van der Waals surface area contributed by atoms with Gasteiger partial charge in [-0.15, -0.1) is 0 Å². The fourth-order valence-electron chi connectivity index (χ4n) is 6.93. The third-order valence-corrected chi connectivity index (χ3v) is 9.89. The molecule has 0 saturated carbocycles. The van der Waals surface area contributed by atoms with Crippen LogP contribution in [0.2, 0.25) is 0 Å². The molecule has 4 rings (SSSR count). The maximum Gasteiger partial charge on any atom is 0.269 e. The Kier molecular flexibility index (Phi) is 13.0. The summed E-state index contributed by atoms with van der Waals surface area (Å²) in [4.78, 5) is 86.5. The molecule has 1 aromatic rings. The summed E-state index contributed by atoms with van der Waals surface area (Å²) >= 11 is 0. The molecule has 18 nitrogen and oxygen atoms in total. The van der Waals surface area contributed by atoms with E-state index in [1.165, 1.54) is 27.9 Å². The van der Waals surface area contributed by atoms with E-state index in [0.29, 0.717) is 12.0 Å². The molecule has 3 saturated heterocycles. The first kappa shape index (κ1) is 40.6. The summed E-state index contributed by atoms with van der Waals surface area (Å²) in [7, 11) is 2.53. The highest BCUT2D eigenvalue weighted by Crippen LogP contribution is 2.26. The van der Waals surface area contributed by atoms with Crippen LogP contribution >= 0.6 is 0 Å². The van der Waals surface area contributed by atoms with Crippen molar-refractivity contribution in [1.29, 1.82) is 0 Å². The Bertz CT molecular complexity index is 1490. The number of β-amino-alcohol motifs (C(OH)–C–C–N with tert-alkyl or cyclic N) is 2. The largest absolute Gasteiger partial charge is 0.392 e. The third kappa shape index (κ3) is 8.87. The Morgan fingerprint density at radius 1 is 0.827 bits per heavy atom. The molecule has 8 atom stereocenters. The third-order valence-electron chi connectivity index (χ3n) is 9.89. The zero-order valence-electron chi connectivity index (χ0n) is 30.4. The number of amides is 6. The number of hydrazine groups is 2. The zero-order chi connectivity index (χ0) is 38.7. The first-order valence-electron chi connectivity index (χ1n) is 17.5. The Labute approximate surface area is 302 Å². The molecule has 0 aliphatic carbocycles. The number of aliphatic hydroxyl groups excluding tert-OH is 2. The van der Waals surface area contributed by atoms with E-state index in [2.05, 4.69) is 16.2 Å². The number of fused-ring (bicyclic) bond motifs is 2. The highest BCUT2D eigenvalue weighted by molar-refractivity contribution is 5.97. The summed E-state index contributed by atoms with van der Waals surface area (Å²) < 4.78 is 0. The Balaban J connectivity index is 1.86. The number of carbonyl (C=O) groups excluding carboxylic acids is 6. The molecule has 18 heteroatoms. The number of aliphatic hydroxyl groups is 3. The van der Waals surface area contributed by atoms with Gasteiger partial charge in [0.15, 0.2) is 0 Å². The number of hydrogen-bond acceptors (Lipinski definition) is 12. The van der Waals surface area contributed by atoms with Gasteiger partial charge in [0.25, 0.3) is 17.7 Å². The standard InChI is InChI=1S/C34H52N8O10/c1-7-19(2)27-32(49)40-25(15-22(44)16-35-40)31(48)39(6)28(34(3,4)51)33(50)41-24(14-21(43)17-36-41)30(47)38(5)18-26(45)37-23(29(46)42(27)52)13-20-11-9-8-10-12-20/h8-12,19,21-25,27-28,35-36,43-44,51-52H,7,13-18H2,1-6H3,(H,37,45)/t19-,21-,22-,23-,24-,25-,27-,28-/m1/s1. The van der Waals surface area contributed by atoms with Gasteiger partial charge in [-0.2, -0.15) is 0 Å². The van der Waals surface area contributed by atoms with Crippen LogP contribution in [-0.4, -0.2) is 163 Å². The highest BCUT2D eigenvalue weighted by atomic mass is 16.5. The van der Waals surface area contributed by atoms with Gasteiger partial charge in [-0.05, 0) is 25.3 Å². The van der Waals surface area contributed by atoms with E-state index in [4.69, 9.17) is 0 Å². The van der Waals surface area contributed by atoms with Crippen LogP contribution in [0.4, 0.5) is 0 Å². The number of nitrogens with one attached hydrogen (secondary N) is 3. The van der Waals surface area contributed by atoms with Crippen LogP contribution in [0.5, 0.6) is 0 Å². The summed E-state index contributed by atoms with van der Waals surface area (Å²) in [5.74, 6) is -5.94. The molecule has 7 N–H and O–H groups in total. The Morgan fingerprint density at radius 3 is 1.90 bits per heavy atom. The van der Waals surface area contributed by atoms with E-state index in [0.717, 1.165) is 19.8 Å². The summed E-state index contributed by atoms with van der Waals surface area (Å²) in [5.41, 5.74) is 4.14. The number of carbonyl (C=O) groups is 6. The van der Waals surface area contributed by atoms with Crippen LogP contribution in [0.15, 0.2) is 30.3 Å². The van der Waals surface area contributed by atoms with Gasteiger partial charge in [0.05, 0.1) is 24.4 Å². The molecule has 0 unspecified atom stereocenters. The molecule has 288 valence electrons. The predicted molar refractivity (Wildman–Crippen MR) is 183 cm³/mol. The minimum Gasteiger partial charge on any atom is -0.392 e. The maximum atomic E-state index is 14.4. The molecular weight excluding hydrogens is 680 g/mol. The lowest BCUT2D eigenvalue weighted by molar-refractivity contribution is -0.194. The molecule has 6 amide bonds. The lowest BCUT2D eigenvalue weighted by Crippen LogP contribution is -2.71. The molecule has 0 spiro atoms. The number of hydrogen-bond donors (Lipinski definition) is 7. The van der Waals surface area contributed by atoms with Crippen LogP contribution in [0.1, 0.15) is 52.5 Å². The van der Waals surface area contributed by atoms with Gasteiger partial charge in [0.2, 0.25) is 17.7 Å². The average molecular weight is 733 g/mol. The van der Waals surface area contributed by atoms with Gasteiger partial charge in [-0.25, -0.2) is 15.9 Å². The second-order valence-electron chi connectivity index (χ2n) is 14.5. The van der Waals surface area contributed by atoms with Crippen molar-refractivity contribution < 1.29 is 49.3 Å². The first-order valence-corrected chi connectivity index (χ1v) is 17.5. The Hall–Kier alpha value is -4.20. The smallest absolute Gasteiger partial charge is 0.269 e. The molecule has 3 aliphatic heterocycles. The second kappa shape index (κ2) is 16.6. The SMILES string of the molecule is CC[C@@H](C)[C@@H]1C(=O)N2NC[C@H](O)C[C@@H]2C(=O)N(C)[C@@H](C(C)(C)O)C(=O)N2NC[C@H](O)C[C@@H]2C(=O)N(C)CC(=O)N[C@H](Cc2ccccc2)C(=O)N1O. The topological polar surface area (TPSA) is 236 Å². The van der Waals surface area contributed by atoms with Crippen LogP contribution < -0.4 is 16.2 Å². The van der Waals surface area contributed by atoms with Crippen molar-refractivity contribution >= 4 is 35.4 Å². The second-order valence-corrected chi connectivity index (χ2v) is 14.5. The van der Waals surface area contributed by atoms with Crippen LogP contribution in [0, 0.1) is 5.92 Å². The predicted octanol–water partition coefficient (Wildman–Crippen LogP) is -2.65. The fraction of sp³-hybridized carbons (Fsp3) is 0.647. The van der Waals surface area contributed by atoms with Gasteiger partial charge >= 0.3 is 0 Å². The van der Waals surface area contributed by atoms with Gasteiger partial charge in [0, 0.05) is 46.4 Å². The van der Waals surface area contributed by atoms with Gasteiger partial charge in [-0.3, -0.25) is 44.0 Å². The van der Waals surface area contributed by atoms with E-state index in [1.807, 2.05) is 0 Å². The van der Waals surface area contributed by atoms with E-state index in [9.17, 15) is 49.3 Å². The van der Waals surface area contributed by atoms with E-state index in [1.54, 1.807) is 44.2 Å². The number of benzene rings is 1. The van der Waals surface area contributed by atoms with Crippen LogP contribution in [0.25, 0.3) is 0 Å². The summed E-state index contributed by atoms with van der Waals surface area (Å²) in [6, 6.07) is 1.12. The van der Waals surface area contributed by atoms with E-state index >= 15 is 0 Å². The minimum atomic E-state index is -1.93. The van der Waals surface area contributed by atoms with Crippen molar-refractivity contribution in [2.24, 2.45) is 5.92 Å². The molecular formula is C34H52N8O10. The molecule has 3 aliphatic rings. The van der Waals surface area contributed by atoms with Gasteiger partial charge < -0.3 is 30.4 Å². The van der Waals surface area contributed by atoms with Crippen molar-refractivity contribution in [3.63, 3.8) is 0 Å². The first-order chi connectivity index (χ1) is 24.4. The van der Waals surface area contributed by atoms with Crippen LogP contribution in [-0.2, 0) is 35.2 Å². The number of nitrogens with zero attached hydrogens (tertiary/aromatic N) is 5. The maximum absolute atomic E-state index is 14.4. The molecule has 1 aromatic carbocycles. The Morgan fingerprint density at radius 2 is 1.37 bits per heavy atom.